The number of aromatic hydroxyl groups is 1. The Bertz CT molecular complexity index is 379. The molecule has 92 valence electrons. The molecule has 0 aromatic heterocycles. The van der Waals surface area contributed by atoms with E-state index in [0.29, 0.717) is 10.0 Å². The highest BCUT2D eigenvalue weighted by Gasteiger charge is 2.26. The van der Waals surface area contributed by atoms with Gasteiger partial charge in [0.2, 0.25) is 0 Å². The third kappa shape index (κ3) is 3.34. The Kier molecular flexibility index (Phi) is 5.23. The molecule has 5 heteroatoms. The van der Waals surface area contributed by atoms with Crippen LogP contribution in [0.5, 0.6) is 5.75 Å². The van der Waals surface area contributed by atoms with Gasteiger partial charge in [-0.3, -0.25) is 0 Å². The lowest BCUT2D eigenvalue weighted by atomic mass is 9.83. The summed E-state index contributed by atoms with van der Waals surface area (Å²) in [7, 11) is 0. The lowest BCUT2D eigenvalue weighted by Gasteiger charge is -2.28. The van der Waals surface area contributed by atoms with Crippen LogP contribution in [-0.4, -0.2) is 5.11 Å². The Morgan fingerprint density at radius 1 is 1.38 bits per heavy atom. The Morgan fingerprint density at radius 3 is 2.31 bits per heavy atom. The highest BCUT2D eigenvalue weighted by atomic mass is 79.9. The molecule has 0 heterocycles. The summed E-state index contributed by atoms with van der Waals surface area (Å²) in [5.41, 5.74) is 6.16. The van der Waals surface area contributed by atoms with E-state index in [-0.39, 0.29) is 23.6 Å². The minimum Gasteiger partial charge on any atom is -0.506 e. The van der Waals surface area contributed by atoms with Gasteiger partial charge in [0.1, 0.15) is 11.6 Å². The first-order chi connectivity index (χ1) is 6.73. The molecule has 2 nitrogen and oxygen atoms in total. The minimum atomic E-state index is -0.413. The Morgan fingerprint density at radius 2 is 1.88 bits per heavy atom. The van der Waals surface area contributed by atoms with Crippen molar-refractivity contribution < 1.29 is 9.50 Å². The van der Waals surface area contributed by atoms with E-state index in [4.69, 9.17) is 5.73 Å². The third-order valence-corrected chi connectivity index (χ3v) is 2.93. The first-order valence-electron chi connectivity index (χ1n) is 4.67. The summed E-state index contributed by atoms with van der Waals surface area (Å²) in [4.78, 5) is 0. The van der Waals surface area contributed by atoms with Gasteiger partial charge in [-0.2, -0.15) is 0 Å². The molecule has 0 saturated heterocycles. The van der Waals surface area contributed by atoms with Crippen molar-refractivity contribution in [3.05, 3.63) is 28.0 Å². The largest absolute Gasteiger partial charge is 0.506 e. The molecule has 1 aromatic rings. The van der Waals surface area contributed by atoms with Gasteiger partial charge < -0.3 is 10.8 Å². The quantitative estimate of drug-likeness (QED) is 0.829. The lowest BCUT2D eigenvalue weighted by molar-refractivity contribution is 0.316. The van der Waals surface area contributed by atoms with Gasteiger partial charge in [-0.1, -0.05) is 20.8 Å². The predicted molar refractivity (Wildman–Crippen MR) is 69.4 cm³/mol. The molecule has 0 radical (unpaired) electrons. The summed E-state index contributed by atoms with van der Waals surface area (Å²) < 4.78 is 13.5. The van der Waals surface area contributed by atoms with E-state index >= 15 is 0 Å². The number of benzene rings is 1. The van der Waals surface area contributed by atoms with Crippen molar-refractivity contribution in [2.24, 2.45) is 11.1 Å². The van der Waals surface area contributed by atoms with Crippen LogP contribution >= 0.6 is 28.3 Å². The molecule has 0 unspecified atom stereocenters. The highest BCUT2D eigenvalue weighted by molar-refractivity contribution is 9.10. The lowest BCUT2D eigenvalue weighted by Crippen LogP contribution is -2.26. The summed E-state index contributed by atoms with van der Waals surface area (Å²) in [6.45, 7) is 5.82. The molecule has 16 heavy (non-hydrogen) atoms. The summed E-state index contributed by atoms with van der Waals surface area (Å²) in [5, 5.41) is 9.76. The summed E-state index contributed by atoms with van der Waals surface area (Å²) in [6, 6.07) is 2.08. The van der Waals surface area contributed by atoms with Crippen LogP contribution in [0.2, 0.25) is 0 Å². The first-order valence-corrected chi connectivity index (χ1v) is 5.46. The van der Waals surface area contributed by atoms with Gasteiger partial charge in [-0.25, -0.2) is 4.39 Å². The Labute approximate surface area is 110 Å². The van der Waals surface area contributed by atoms with Crippen molar-refractivity contribution in [3.8, 4) is 5.75 Å². The molecule has 0 saturated carbocycles. The summed E-state index contributed by atoms with van der Waals surface area (Å²) in [6.07, 6.45) is 0. The van der Waals surface area contributed by atoms with Crippen LogP contribution in [0.4, 0.5) is 4.39 Å². The molecule has 1 atom stereocenters. The fourth-order valence-electron chi connectivity index (χ4n) is 1.29. The van der Waals surface area contributed by atoms with Crippen molar-refractivity contribution in [2.75, 3.05) is 0 Å². The van der Waals surface area contributed by atoms with E-state index in [0.717, 1.165) is 0 Å². The second-order valence-electron chi connectivity index (χ2n) is 4.67. The van der Waals surface area contributed by atoms with E-state index in [9.17, 15) is 9.50 Å². The van der Waals surface area contributed by atoms with E-state index in [1.165, 1.54) is 12.1 Å². The fourth-order valence-corrected chi connectivity index (χ4v) is 1.74. The van der Waals surface area contributed by atoms with Crippen LogP contribution < -0.4 is 5.73 Å². The molecule has 0 bridgehead atoms. The van der Waals surface area contributed by atoms with Crippen LogP contribution in [0.1, 0.15) is 32.4 Å². The second-order valence-corrected chi connectivity index (χ2v) is 5.52. The maximum Gasteiger partial charge on any atom is 0.134 e. The number of halogens is 3. The predicted octanol–water partition coefficient (Wildman–Crippen LogP) is 3.76. The molecule has 0 aliphatic carbocycles. The minimum absolute atomic E-state index is 0. The third-order valence-electron chi connectivity index (χ3n) is 2.33. The van der Waals surface area contributed by atoms with E-state index < -0.39 is 11.9 Å². The van der Waals surface area contributed by atoms with Gasteiger partial charge in [0, 0.05) is 11.6 Å². The van der Waals surface area contributed by atoms with Crippen molar-refractivity contribution in [1.82, 2.24) is 0 Å². The van der Waals surface area contributed by atoms with Crippen molar-refractivity contribution >= 4 is 28.3 Å². The zero-order chi connectivity index (χ0) is 11.8. The average molecular weight is 313 g/mol. The first kappa shape index (κ1) is 15.7. The zero-order valence-corrected chi connectivity index (χ0v) is 11.8. The Hall–Kier alpha value is -0.320. The van der Waals surface area contributed by atoms with Crippen molar-refractivity contribution in [3.63, 3.8) is 0 Å². The van der Waals surface area contributed by atoms with Crippen LogP contribution in [0, 0.1) is 11.2 Å². The number of hydrogen-bond donors (Lipinski definition) is 2. The molecule has 0 aliphatic heterocycles. The maximum atomic E-state index is 13.2. The van der Waals surface area contributed by atoms with Gasteiger partial charge in [0.05, 0.1) is 4.47 Å². The molecule has 0 fully saturated rings. The normalized spacial score (nSPS) is 13.1. The van der Waals surface area contributed by atoms with Crippen molar-refractivity contribution in [2.45, 2.75) is 26.8 Å². The molecular weight excluding hydrogens is 296 g/mol. The monoisotopic (exact) mass is 311 g/mol. The van der Waals surface area contributed by atoms with Crippen LogP contribution in [0.3, 0.4) is 0 Å². The van der Waals surface area contributed by atoms with Gasteiger partial charge in [-0.05, 0) is 33.5 Å². The molecule has 0 aliphatic rings. The standard InChI is InChI=1S/C11H15BrFNO.ClH/c1-11(2,3)10(14)7-4-6(13)5-8(12)9(7)15;/h4-5,10,15H,14H2,1-3H3;1H/t10-;/m0./s1. The fraction of sp³-hybridized carbons (Fsp3) is 0.455. The number of phenolic OH excluding ortho intramolecular Hbond substituents is 1. The van der Waals surface area contributed by atoms with Gasteiger partial charge in [0.15, 0.2) is 0 Å². The molecule has 1 aromatic carbocycles. The molecule has 0 amide bonds. The Balaban J connectivity index is 0.00000225. The number of rotatable bonds is 1. The smallest absolute Gasteiger partial charge is 0.134 e. The van der Waals surface area contributed by atoms with Crippen LogP contribution in [0.25, 0.3) is 0 Å². The number of hydrogen-bond acceptors (Lipinski definition) is 2. The summed E-state index contributed by atoms with van der Waals surface area (Å²) >= 11 is 3.09. The van der Waals surface area contributed by atoms with Crippen LogP contribution in [0.15, 0.2) is 16.6 Å². The zero-order valence-electron chi connectivity index (χ0n) is 9.42. The van der Waals surface area contributed by atoms with Gasteiger partial charge in [0.25, 0.3) is 0 Å². The maximum absolute atomic E-state index is 13.2. The topological polar surface area (TPSA) is 46.2 Å². The second kappa shape index (κ2) is 5.34. The van der Waals surface area contributed by atoms with E-state index in [1.807, 2.05) is 20.8 Å². The van der Waals surface area contributed by atoms with Gasteiger partial charge >= 0.3 is 0 Å². The van der Waals surface area contributed by atoms with Crippen molar-refractivity contribution in [1.29, 1.82) is 0 Å². The van der Waals surface area contributed by atoms with Crippen LogP contribution in [-0.2, 0) is 0 Å². The number of phenols is 1. The molecule has 1 rings (SSSR count). The summed E-state index contributed by atoms with van der Waals surface area (Å²) in [5.74, 6) is -0.395. The van der Waals surface area contributed by atoms with E-state index in [2.05, 4.69) is 15.9 Å². The molecular formula is C11H16BrClFNO. The van der Waals surface area contributed by atoms with Gasteiger partial charge in [-0.15, -0.1) is 12.4 Å². The molecule has 0 spiro atoms. The SMILES string of the molecule is CC(C)(C)[C@@H](N)c1cc(F)cc(Br)c1O.Cl. The molecule has 3 N–H and O–H groups in total. The average Bonchev–Trinajstić information content (AvgIpc) is 2.08. The highest BCUT2D eigenvalue weighted by Crippen LogP contribution is 2.38. The number of nitrogens with two attached hydrogens (primary N) is 1. The van der Waals surface area contributed by atoms with E-state index in [1.54, 1.807) is 0 Å².